The summed E-state index contributed by atoms with van der Waals surface area (Å²) in [6.45, 7) is 12.7. The van der Waals surface area contributed by atoms with Gasteiger partial charge in [-0.25, -0.2) is 0 Å². The van der Waals surface area contributed by atoms with Crippen LogP contribution >= 0.6 is 0 Å². The summed E-state index contributed by atoms with van der Waals surface area (Å²) in [5.41, 5.74) is 2.85. The molecule has 0 N–H and O–H groups in total. The van der Waals surface area contributed by atoms with E-state index in [9.17, 15) is 0 Å². The summed E-state index contributed by atoms with van der Waals surface area (Å²) in [7, 11) is 1.91. The summed E-state index contributed by atoms with van der Waals surface area (Å²) >= 11 is 0. The maximum atomic E-state index is 5.75. The first-order valence-electron chi connectivity index (χ1n) is 13.0. The third-order valence-corrected chi connectivity index (χ3v) is 10.6. The molecule has 0 aromatic heterocycles. The molecule has 1 heteroatoms. The van der Waals surface area contributed by atoms with Gasteiger partial charge in [0, 0.05) is 7.11 Å². The number of hydrogen-bond acceptors (Lipinski definition) is 1. The fourth-order valence-electron chi connectivity index (χ4n) is 8.85. The lowest BCUT2D eigenvalue weighted by atomic mass is 9.47. The van der Waals surface area contributed by atoms with Crippen LogP contribution in [-0.4, -0.2) is 13.2 Å². The van der Waals surface area contributed by atoms with Crippen molar-refractivity contribution in [2.75, 3.05) is 7.11 Å². The van der Waals surface area contributed by atoms with Crippen LogP contribution in [0.1, 0.15) is 105 Å². The van der Waals surface area contributed by atoms with E-state index in [-0.39, 0.29) is 0 Å². The van der Waals surface area contributed by atoms with Crippen molar-refractivity contribution >= 4 is 0 Å². The third-order valence-electron chi connectivity index (χ3n) is 10.6. The Morgan fingerprint density at radius 3 is 2.52 bits per heavy atom. The molecular weight excluding hydrogens is 352 g/mol. The zero-order chi connectivity index (χ0) is 20.8. The van der Waals surface area contributed by atoms with Gasteiger partial charge in [0.1, 0.15) is 0 Å². The molecule has 8 atom stereocenters. The zero-order valence-electron chi connectivity index (χ0n) is 20.3. The van der Waals surface area contributed by atoms with Crippen molar-refractivity contribution in [1.29, 1.82) is 0 Å². The lowest BCUT2D eigenvalue weighted by Gasteiger charge is -2.58. The van der Waals surface area contributed by atoms with Crippen LogP contribution < -0.4 is 0 Å². The van der Waals surface area contributed by atoms with E-state index in [4.69, 9.17) is 4.74 Å². The van der Waals surface area contributed by atoms with Crippen LogP contribution in [0.4, 0.5) is 0 Å². The summed E-state index contributed by atoms with van der Waals surface area (Å²) in [6, 6.07) is 0. The Morgan fingerprint density at radius 1 is 1.00 bits per heavy atom. The summed E-state index contributed by atoms with van der Waals surface area (Å²) in [5, 5.41) is 0. The van der Waals surface area contributed by atoms with Gasteiger partial charge in [-0.05, 0) is 97.7 Å². The Morgan fingerprint density at radius 2 is 1.79 bits per heavy atom. The summed E-state index contributed by atoms with van der Waals surface area (Å²) in [5.74, 6) is 5.63. The first-order valence-corrected chi connectivity index (χ1v) is 13.0. The van der Waals surface area contributed by atoms with E-state index in [1.807, 2.05) is 7.11 Å². The smallest absolute Gasteiger partial charge is 0.0608 e. The molecule has 0 bridgehead atoms. The summed E-state index contributed by atoms with van der Waals surface area (Å²) < 4.78 is 5.75. The normalized spacial score (nSPS) is 45.3. The Balaban J connectivity index is 1.48. The van der Waals surface area contributed by atoms with E-state index in [0.717, 1.165) is 35.5 Å². The monoisotopic (exact) mass is 400 g/mol. The highest BCUT2D eigenvalue weighted by Gasteiger charge is 2.59. The standard InChI is InChI=1S/C28H48O/c1-19(2)8-7-9-20(3)24-12-13-25-23-11-10-21-18-22(29-6)14-16-27(21,4)26(23)15-17-28(24,25)5/h10,19-20,22-26H,7-9,11-18H2,1-6H3/t20?,22-,23?,24-,25?,26?,27+,28-/m1/s1. The number of hydrogen-bond donors (Lipinski definition) is 0. The molecule has 0 spiro atoms. The molecule has 0 aromatic rings. The van der Waals surface area contributed by atoms with Crippen molar-refractivity contribution in [2.24, 2.45) is 46.3 Å². The van der Waals surface area contributed by atoms with Gasteiger partial charge in [-0.2, -0.15) is 0 Å². The van der Waals surface area contributed by atoms with Gasteiger partial charge < -0.3 is 4.74 Å². The van der Waals surface area contributed by atoms with Crippen molar-refractivity contribution < 1.29 is 4.74 Å². The SMILES string of the molecule is CO[C@@H]1CC[C@@]2(C)C(=CCC3C2CC[C@@]2(C)C3CC[C@@H]2C(C)CCCC(C)C)C1. The number of methoxy groups -OCH3 is 1. The highest BCUT2D eigenvalue weighted by molar-refractivity contribution is 5.25. The predicted octanol–water partition coefficient (Wildman–Crippen LogP) is 8.04. The molecule has 166 valence electrons. The summed E-state index contributed by atoms with van der Waals surface area (Å²) in [4.78, 5) is 0. The van der Waals surface area contributed by atoms with Gasteiger partial charge in [0.15, 0.2) is 0 Å². The Kier molecular flexibility index (Phi) is 6.29. The number of ether oxygens (including phenoxy) is 1. The van der Waals surface area contributed by atoms with Gasteiger partial charge in [0.05, 0.1) is 6.10 Å². The first-order chi connectivity index (χ1) is 13.8. The molecular formula is C28H48O. The fraction of sp³-hybridized carbons (Fsp3) is 0.929. The van der Waals surface area contributed by atoms with Gasteiger partial charge in [-0.3, -0.25) is 0 Å². The molecule has 0 aromatic carbocycles. The average Bonchev–Trinajstić information content (AvgIpc) is 3.04. The highest BCUT2D eigenvalue weighted by Crippen LogP contribution is 2.67. The van der Waals surface area contributed by atoms with Crippen molar-refractivity contribution in [1.82, 2.24) is 0 Å². The third kappa shape index (κ3) is 3.77. The number of rotatable bonds is 6. The molecule has 0 heterocycles. The van der Waals surface area contributed by atoms with Crippen LogP contribution in [0.5, 0.6) is 0 Å². The lowest BCUT2D eigenvalue weighted by Crippen LogP contribution is -2.50. The minimum Gasteiger partial charge on any atom is -0.381 e. The molecule has 0 aliphatic heterocycles. The molecule has 4 aliphatic rings. The molecule has 1 nitrogen and oxygen atoms in total. The van der Waals surface area contributed by atoms with Crippen molar-refractivity contribution in [3.05, 3.63) is 11.6 Å². The first kappa shape index (κ1) is 21.9. The van der Waals surface area contributed by atoms with E-state index in [1.54, 1.807) is 5.57 Å². The Hall–Kier alpha value is -0.300. The Bertz CT molecular complexity index is 605. The van der Waals surface area contributed by atoms with Crippen LogP contribution in [0.3, 0.4) is 0 Å². The molecule has 0 amide bonds. The molecule has 4 aliphatic carbocycles. The highest BCUT2D eigenvalue weighted by atomic mass is 16.5. The van der Waals surface area contributed by atoms with Crippen molar-refractivity contribution in [2.45, 2.75) is 111 Å². The van der Waals surface area contributed by atoms with Crippen LogP contribution in [-0.2, 0) is 4.74 Å². The lowest BCUT2D eigenvalue weighted by molar-refractivity contribution is -0.0601. The molecule has 3 fully saturated rings. The van der Waals surface area contributed by atoms with E-state index in [2.05, 4.69) is 40.7 Å². The number of fused-ring (bicyclic) bond motifs is 5. The van der Waals surface area contributed by atoms with Gasteiger partial charge in [-0.1, -0.05) is 65.5 Å². The van der Waals surface area contributed by atoms with Gasteiger partial charge in [-0.15, -0.1) is 0 Å². The molecule has 3 saturated carbocycles. The van der Waals surface area contributed by atoms with Crippen LogP contribution in [0.15, 0.2) is 11.6 Å². The predicted molar refractivity (Wildman–Crippen MR) is 124 cm³/mol. The van der Waals surface area contributed by atoms with Crippen molar-refractivity contribution in [3.8, 4) is 0 Å². The topological polar surface area (TPSA) is 9.23 Å². The molecule has 4 unspecified atom stereocenters. The second-order valence-electron chi connectivity index (χ2n) is 12.4. The molecule has 29 heavy (non-hydrogen) atoms. The average molecular weight is 401 g/mol. The Labute approximate surface area is 181 Å². The second kappa shape index (κ2) is 8.33. The maximum Gasteiger partial charge on any atom is 0.0608 e. The van der Waals surface area contributed by atoms with Crippen molar-refractivity contribution in [3.63, 3.8) is 0 Å². The van der Waals surface area contributed by atoms with Gasteiger partial charge in [0.25, 0.3) is 0 Å². The minimum absolute atomic E-state index is 0.472. The van der Waals surface area contributed by atoms with E-state index in [1.165, 1.54) is 70.6 Å². The fourth-order valence-corrected chi connectivity index (χ4v) is 8.85. The maximum absolute atomic E-state index is 5.75. The van der Waals surface area contributed by atoms with E-state index < -0.39 is 0 Å². The van der Waals surface area contributed by atoms with Crippen LogP contribution in [0, 0.1) is 46.3 Å². The summed E-state index contributed by atoms with van der Waals surface area (Å²) in [6.07, 6.45) is 18.7. The van der Waals surface area contributed by atoms with Crippen LogP contribution in [0.25, 0.3) is 0 Å². The number of allylic oxidation sites excluding steroid dienone is 1. The second-order valence-corrected chi connectivity index (χ2v) is 12.4. The van der Waals surface area contributed by atoms with E-state index in [0.29, 0.717) is 16.9 Å². The quantitative estimate of drug-likeness (QED) is 0.410. The van der Waals surface area contributed by atoms with Gasteiger partial charge >= 0.3 is 0 Å². The minimum atomic E-state index is 0.472. The zero-order valence-corrected chi connectivity index (χ0v) is 20.3. The van der Waals surface area contributed by atoms with Crippen LogP contribution in [0.2, 0.25) is 0 Å². The largest absolute Gasteiger partial charge is 0.381 e. The molecule has 4 rings (SSSR count). The van der Waals surface area contributed by atoms with Gasteiger partial charge in [0.2, 0.25) is 0 Å². The molecule has 0 radical (unpaired) electrons. The van der Waals surface area contributed by atoms with E-state index >= 15 is 0 Å². The molecule has 0 saturated heterocycles.